The highest BCUT2D eigenvalue weighted by Crippen LogP contribution is 2.50. The second kappa shape index (κ2) is 7.82. The van der Waals surface area contributed by atoms with Crippen molar-refractivity contribution < 1.29 is 29.3 Å². The monoisotopic (exact) mass is 371 g/mol. The lowest BCUT2D eigenvalue weighted by Crippen LogP contribution is -2.80. The van der Waals surface area contributed by atoms with Crippen LogP contribution in [-0.4, -0.2) is 52.1 Å². The molecule has 0 aromatic carbocycles. The van der Waals surface area contributed by atoms with Crippen molar-refractivity contribution in [3.05, 3.63) is 0 Å². The normalized spacial score (nSPS) is 38.6. The number of esters is 2. The summed E-state index contributed by atoms with van der Waals surface area (Å²) < 4.78 is 10.1. The van der Waals surface area contributed by atoms with Crippen LogP contribution in [0.1, 0.15) is 65.7 Å². The molecular weight excluding hydrogens is 338 g/mol. The highest BCUT2D eigenvalue weighted by atomic mass is 16.6. The number of nitrogens with two attached hydrogens (primary N) is 1. The minimum absolute atomic E-state index is 0.0726. The van der Waals surface area contributed by atoms with Gasteiger partial charge in [0.1, 0.15) is 0 Å². The average molecular weight is 371 g/mol. The van der Waals surface area contributed by atoms with Crippen molar-refractivity contribution in [3.8, 4) is 0 Å². The number of aliphatic hydroxyl groups is 2. The van der Waals surface area contributed by atoms with E-state index in [1.54, 1.807) is 13.8 Å². The molecule has 0 amide bonds. The van der Waals surface area contributed by atoms with E-state index < -0.39 is 28.7 Å². The van der Waals surface area contributed by atoms with Gasteiger partial charge in [0.15, 0.2) is 11.2 Å². The molecule has 2 aliphatic rings. The van der Waals surface area contributed by atoms with Crippen molar-refractivity contribution >= 4 is 11.9 Å². The fourth-order valence-corrected chi connectivity index (χ4v) is 4.63. The summed E-state index contributed by atoms with van der Waals surface area (Å²) in [6.07, 6.45) is 5.33. The maximum absolute atomic E-state index is 12.6. The summed E-state index contributed by atoms with van der Waals surface area (Å²) >= 11 is 0. The summed E-state index contributed by atoms with van der Waals surface area (Å²) in [5, 5.41) is 22.6. The van der Waals surface area contributed by atoms with Gasteiger partial charge in [0, 0.05) is 0 Å². The van der Waals surface area contributed by atoms with Crippen molar-refractivity contribution in [2.45, 2.75) is 82.5 Å². The van der Waals surface area contributed by atoms with E-state index in [2.05, 4.69) is 0 Å². The largest absolute Gasteiger partial charge is 0.464 e. The first-order valence-electron chi connectivity index (χ1n) is 9.72. The fourth-order valence-electron chi connectivity index (χ4n) is 4.63. The Morgan fingerprint density at radius 1 is 0.923 bits per heavy atom. The maximum atomic E-state index is 12.6. The Morgan fingerprint density at radius 2 is 1.35 bits per heavy atom. The molecule has 150 valence electrons. The number of carbonyl (C=O) groups is 2. The standard InChI is InChI=1S/C19H33NO6/c1-4-25-15(21)18(23)11-14(13-9-7-6-8-10-13)12-19(24,17(18,3)20)16(22)26-5-2/h13-14,23-24H,4-12,20H2,1-3H3/t14?,17?,18-,19+. The molecule has 0 aliphatic heterocycles. The summed E-state index contributed by atoms with van der Waals surface area (Å²) in [5.74, 6) is -1.78. The molecule has 0 aromatic rings. The lowest BCUT2D eigenvalue weighted by molar-refractivity contribution is -0.223. The van der Waals surface area contributed by atoms with Crippen molar-refractivity contribution in [3.63, 3.8) is 0 Å². The van der Waals surface area contributed by atoms with Gasteiger partial charge in [-0.25, -0.2) is 9.59 Å². The number of rotatable bonds is 5. The number of hydrogen-bond acceptors (Lipinski definition) is 7. The Bertz CT molecular complexity index is 494. The number of carbonyl (C=O) groups excluding carboxylic acids is 2. The Kier molecular flexibility index (Phi) is 6.36. The zero-order chi connectivity index (χ0) is 19.6. The summed E-state index contributed by atoms with van der Waals surface area (Å²) in [4.78, 5) is 25.2. The van der Waals surface area contributed by atoms with Gasteiger partial charge in [-0.2, -0.15) is 0 Å². The predicted molar refractivity (Wildman–Crippen MR) is 95.1 cm³/mol. The first kappa shape index (κ1) is 21.1. The van der Waals surface area contributed by atoms with E-state index in [4.69, 9.17) is 15.2 Å². The molecule has 7 heteroatoms. The van der Waals surface area contributed by atoms with E-state index in [0.29, 0.717) is 0 Å². The van der Waals surface area contributed by atoms with E-state index in [0.717, 1.165) is 32.1 Å². The number of ether oxygens (including phenoxy) is 2. The molecule has 0 spiro atoms. The van der Waals surface area contributed by atoms with Crippen LogP contribution in [0.2, 0.25) is 0 Å². The lowest BCUT2D eigenvalue weighted by atomic mass is 9.55. The third-order valence-electron chi connectivity index (χ3n) is 6.38. The van der Waals surface area contributed by atoms with E-state index in [1.807, 2.05) is 0 Å². The molecular formula is C19H33NO6. The van der Waals surface area contributed by atoms with Crippen LogP contribution in [0.15, 0.2) is 0 Å². The Balaban J connectivity index is 2.45. The smallest absolute Gasteiger partial charge is 0.340 e. The van der Waals surface area contributed by atoms with Gasteiger partial charge in [-0.1, -0.05) is 32.1 Å². The minimum atomic E-state index is -2.16. The Hall–Kier alpha value is -1.18. The average Bonchev–Trinajstić information content (AvgIpc) is 2.60. The van der Waals surface area contributed by atoms with Crippen LogP contribution < -0.4 is 5.73 Å². The van der Waals surface area contributed by atoms with Gasteiger partial charge >= 0.3 is 11.9 Å². The van der Waals surface area contributed by atoms with Crippen LogP contribution in [0.3, 0.4) is 0 Å². The topological polar surface area (TPSA) is 119 Å². The summed E-state index contributed by atoms with van der Waals surface area (Å²) in [6, 6.07) is 0. The first-order chi connectivity index (χ1) is 12.1. The molecule has 26 heavy (non-hydrogen) atoms. The van der Waals surface area contributed by atoms with Gasteiger partial charge in [0.25, 0.3) is 0 Å². The highest BCUT2D eigenvalue weighted by Gasteiger charge is 2.70. The van der Waals surface area contributed by atoms with Gasteiger partial charge in [0.2, 0.25) is 0 Å². The Morgan fingerprint density at radius 3 is 1.73 bits per heavy atom. The summed E-state index contributed by atoms with van der Waals surface area (Å²) in [7, 11) is 0. The molecule has 4 atom stereocenters. The van der Waals surface area contributed by atoms with Crippen molar-refractivity contribution in [1.29, 1.82) is 0 Å². The molecule has 2 fully saturated rings. The predicted octanol–water partition coefficient (Wildman–Crippen LogP) is 1.28. The molecule has 4 N–H and O–H groups in total. The summed E-state index contributed by atoms with van der Waals surface area (Å²) in [6.45, 7) is 4.74. The van der Waals surface area contributed by atoms with Gasteiger partial charge in [0.05, 0.1) is 18.8 Å². The second-order valence-corrected chi connectivity index (χ2v) is 7.93. The van der Waals surface area contributed by atoms with Gasteiger partial charge in [-0.15, -0.1) is 0 Å². The molecule has 0 bridgehead atoms. The molecule has 2 aliphatic carbocycles. The van der Waals surface area contributed by atoms with Gasteiger partial charge in [-0.05, 0) is 45.4 Å². The molecule has 0 heterocycles. The maximum Gasteiger partial charge on any atom is 0.340 e. The quantitative estimate of drug-likeness (QED) is 0.623. The van der Waals surface area contributed by atoms with Crippen LogP contribution in [-0.2, 0) is 19.1 Å². The zero-order valence-electron chi connectivity index (χ0n) is 16.1. The van der Waals surface area contributed by atoms with Crippen molar-refractivity contribution in [1.82, 2.24) is 0 Å². The van der Waals surface area contributed by atoms with E-state index in [-0.39, 0.29) is 37.9 Å². The SMILES string of the molecule is CCOC(=O)[C@]1(O)CC(C2CCCCC2)C[C@](O)(C(=O)OCC)C1(C)N. The van der Waals surface area contributed by atoms with Crippen LogP contribution in [0.5, 0.6) is 0 Å². The summed E-state index contributed by atoms with van der Waals surface area (Å²) in [5.41, 5.74) is 0.0367. The molecule has 2 rings (SSSR count). The molecule has 0 radical (unpaired) electrons. The molecule has 7 nitrogen and oxygen atoms in total. The minimum Gasteiger partial charge on any atom is -0.464 e. The van der Waals surface area contributed by atoms with E-state index >= 15 is 0 Å². The van der Waals surface area contributed by atoms with Gasteiger partial charge in [-0.3, -0.25) is 0 Å². The molecule has 2 unspecified atom stereocenters. The molecule has 2 saturated carbocycles. The van der Waals surface area contributed by atoms with E-state index in [9.17, 15) is 19.8 Å². The first-order valence-corrected chi connectivity index (χ1v) is 9.72. The molecule has 0 aromatic heterocycles. The van der Waals surface area contributed by atoms with Crippen LogP contribution in [0, 0.1) is 11.8 Å². The Labute approximate surface area is 155 Å². The van der Waals surface area contributed by atoms with Crippen LogP contribution in [0.25, 0.3) is 0 Å². The fraction of sp³-hybridized carbons (Fsp3) is 0.895. The third-order valence-corrected chi connectivity index (χ3v) is 6.38. The zero-order valence-corrected chi connectivity index (χ0v) is 16.1. The van der Waals surface area contributed by atoms with Gasteiger partial charge < -0.3 is 25.4 Å². The van der Waals surface area contributed by atoms with Crippen molar-refractivity contribution in [2.75, 3.05) is 13.2 Å². The van der Waals surface area contributed by atoms with Crippen LogP contribution >= 0.6 is 0 Å². The number of hydrogen-bond donors (Lipinski definition) is 3. The third kappa shape index (κ3) is 3.37. The van der Waals surface area contributed by atoms with Crippen LogP contribution in [0.4, 0.5) is 0 Å². The second-order valence-electron chi connectivity index (χ2n) is 7.93. The molecule has 0 saturated heterocycles. The highest BCUT2D eigenvalue weighted by molar-refractivity contribution is 5.88. The van der Waals surface area contributed by atoms with E-state index in [1.165, 1.54) is 6.92 Å². The van der Waals surface area contributed by atoms with Crippen molar-refractivity contribution in [2.24, 2.45) is 17.6 Å². The lowest BCUT2D eigenvalue weighted by Gasteiger charge is -2.55.